The van der Waals surface area contributed by atoms with E-state index in [0.717, 1.165) is 36.3 Å². The third-order valence-corrected chi connectivity index (χ3v) is 3.24. The molecule has 0 fully saturated rings. The largest absolute Gasteiger partial charge is 0.355 e. The van der Waals surface area contributed by atoms with Gasteiger partial charge < -0.3 is 9.88 Å². The zero-order valence-electron chi connectivity index (χ0n) is 10.4. The molecule has 17 heavy (non-hydrogen) atoms. The molecule has 4 heteroatoms. The molecule has 0 aromatic carbocycles. The van der Waals surface area contributed by atoms with Gasteiger partial charge in [-0.25, -0.2) is 0 Å². The van der Waals surface area contributed by atoms with Gasteiger partial charge >= 0.3 is 0 Å². The first-order valence-electron chi connectivity index (χ1n) is 6.06. The first-order chi connectivity index (χ1) is 8.09. The Hall–Kier alpha value is -1.58. The molecule has 92 valence electrons. The Morgan fingerprint density at radius 1 is 1.47 bits per heavy atom. The third-order valence-electron chi connectivity index (χ3n) is 3.24. The van der Waals surface area contributed by atoms with Crippen LogP contribution in [0.15, 0.2) is 6.07 Å². The van der Waals surface area contributed by atoms with Gasteiger partial charge in [0.2, 0.25) is 5.91 Å². The minimum Gasteiger partial charge on any atom is -0.355 e. The van der Waals surface area contributed by atoms with E-state index in [4.69, 9.17) is 0 Å². The molecule has 1 aliphatic carbocycles. The Balaban J connectivity index is 2.17. The molecule has 2 rings (SSSR count). The molecule has 1 aromatic heterocycles. The van der Waals surface area contributed by atoms with E-state index in [-0.39, 0.29) is 11.7 Å². The SMILES string of the molecule is CC(=O)NCCn1c(C)cc2c1CCCC2=O. The molecule has 0 spiro atoms. The molecule has 0 bridgehead atoms. The van der Waals surface area contributed by atoms with Crippen LogP contribution in [0.2, 0.25) is 0 Å². The lowest BCUT2D eigenvalue weighted by atomic mass is 9.97. The fraction of sp³-hybridized carbons (Fsp3) is 0.538. The molecule has 1 aliphatic rings. The van der Waals surface area contributed by atoms with Crippen molar-refractivity contribution in [1.29, 1.82) is 0 Å². The molecule has 1 aromatic rings. The fourth-order valence-corrected chi connectivity index (χ4v) is 2.45. The molecule has 0 aliphatic heterocycles. The maximum atomic E-state index is 11.8. The summed E-state index contributed by atoms with van der Waals surface area (Å²) in [6.45, 7) is 4.89. The Kier molecular flexibility index (Phi) is 3.31. The molecule has 0 saturated heterocycles. The third kappa shape index (κ3) is 2.40. The smallest absolute Gasteiger partial charge is 0.216 e. The predicted octanol–water partition coefficient (Wildman–Crippen LogP) is 1.45. The highest BCUT2D eigenvalue weighted by Gasteiger charge is 2.22. The van der Waals surface area contributed by atoms with Crippen molar-refractivity contribution < 1.29 is 9.59 Å². The first-order valence-corrected chi connectivity index (χ1v) is 6.06. The summed E-state index contributed by atoms with van der Waals surface area (Å²) in [4.78, 5) is 22.6. The monoisotopic (exact) mass is 234 g/mol. The van der Waals surface area contributed by atoms with Crippen LogP contribution in [-0.2, 0) is 17.8 Å². The van der Waals surface area contributed by atoms with Crippen molar-refractivity contribution in [2.75, 3.05) is 6.54 Å². The van der Waals surface area contributed by atoms with Gasteiger partial charge in [-0.1, -0.05) is 0 Å². The van der Waals surface area contributed by atoms with Crippen LogP contribution in [0.4, 0.5) is 0 Å². The van der Waals surface area contributed by atoms with Crippen molar-refractivity contribution in [3.8, 4) is 0 Å². The Labute approximate surface area is 101 Å². The van der Waals surface area contributed by atoms with Crippen LogP contribution in [0.5, 0.6) is 0 Å². The standard InChI is InChI=1S/C13H18N2O2/c1-9-8-11-12(4-3-5-13(11)17)15(9)7-6-14-10(2)16/h8H,3-7H2,1-2H3,(H,14,16). The number of ketones is 1. The lowest BCUT2D eigenvalue weighted by Gasteiger charge is -2.16. The highest BCUT2D eigenvalue weighted by Crippen LogP contribution is 2.24. The zero-order chi connectivity index (χ0) is 12.4. The van der Waals surface area contributed by atoms with Crippen LogP contribution in [0, 0.1) is 6.92 Å². The van der Waals surface area contributed by atoms with Crippen molar-refractivity contribution in [3.05, 3.63) is 23.0 Å². The van der Waals surface area contributed by atoms with Crippen LogP contribution in [0.3, 0.4) is 0 Å². The number of carbonyl (C=O) groups is 2. The number of hydrogen-bond acceptors (Lipinski definition) is 2. The van der Waals surface area contributed by atoms with Crippen LogP contribution >= 0.6 is 0 Å². The maximum Gasteiger partial charge on any atom is 0.216 e. The lowest BCUT2D eigenvalue weighted by Crippen LogP contribution is -2.26. The number of aromatic nitrogens is 1. The van der Waals surface area contributed by atoms with Gasteiger partial charge in [-0.15, -0.1) is 0 Å². The number of nitrogens with one attached hydrogen (secondary N) is 1. The van der Waals surface area contributed by atoms with Crippen molar-refractivity contribution in [1.82, 2.24) is 9.88 Å². The molecule has 1 heterocycles. The van der Waals surface area contributed by atoms with Gasteiger partial charge in [-0.05, 0) is 25.8 Å². The second kappa shape index (κ2) is 4.73. The van der Waals surface area contributed by atoms with Crippen molar-refractivity contribution in [2.45, 2.75) is 39.7 Å². The fourth-order valence-electron chi connectivity index (χ4n) is 2.45. The number of nitrogens with zero attached hydrogens (tertiary/aromatic N) is 1. The number of Topliss-reactive ketones (excluding diaryl/α,β-unsaturated/α-hetero) is 1. The van der Waals surface area contributed by atoms with E-state index in [1.807, 2.05) is 13.0 Å². The second-order valence-electron chi connectivity index (χ2n) is 4.56. The molecular formula is C13H18N2O2. The molecule has 4 nitrogen and oxygen atoms in total. The summed E-state index contributed by atoms with van der Waals surface area (Å²) in [6.07, 6.45) is 2.58. The lowest BCUT2D eigenvalue weighted by molar-refractivity contribution is -0.118. The zero-order valence-corrected chi connectivity index (χ0v) is 10.4. The number of fused-ring (bicyclic) bond motifs is 1. The summed E-state index contributed by atoms with van der Waals surface area (Å²) < 4.78 is 2.16. The molecular weight excluding hydrogens is 216 g/mol. The average molecular weight is 234 g/mol. The summed E-state index contributed by atoms with van der Waals surface area (Å²) >= 11 is 0. The van der Waals surface area contributed by atoms with Crippen molar-refractivity contribution in [3.63, 3.8) is 0 Å². The number of amides is 1. The quantitative estimate of drug-likeness (QED) is 0.860. The van der Waals surface area contributed by atoms with Crippen LogP contribution in [0.25, 0.3) is 0 Å². The first kappa shape index (κ1) is 11.9. The summed E-state index contributed by atoms with van der Waals surface area (Å²) in [6, 6.07) is 1.98. The van der Waals surface area contributed by atoms with Gasteiger partial charge in [0, 0.05) is 43.4 Å². The summed E-state index contributed by atoms with van der Waals surface area (Å²) in [5, 5.41) is 2.78. The van der Waals surface area contributed by atoms with Gasteiger partial charge in [-0.3, -0.25) is 9.59 Å². The number of carbonyl (C=O) groups excluding carboxylic acids is 2. The minimum atomic E-state index is -0.0141. The van der Waals surface area contributed by atoms with E-state index >= 15 is 0 Å². The summed E-state index contributed by atoms with van der Waals surface area (Å²) in [7, 11) is 0. The molecule has 1 amide bonds. The van der Waals surface area contributed by atoms with Crippen molar-refractivity contribution in [2.24, 2.45) is 0 Å². The van der Waals surface area contributed by atoms with Gasteiger partial charge in [-0.2, -0.15) is 0 Å². The van der Waals surface area contributed by atoms with E-state index in [1.54, 1.807) is 0 Å². The second-order valence-corrected chi connectivity index (χ2v) is 4.56. The molecule has 0 radical (unpaired) electrons. The van der Waals surface area contributed by atoms with Gasteiger partial charge in [0.15, 0.2) is 5.78 Å². The van der Waals surface area contributed by atoms with Crippen molar-refractivity contribution >= 4 is 11.7 Å². The normalized spacial score (nSPS) is 14.6. The highest BCUT2D eigenvalue weighted by atomic mass is 16.1. The molecule has 0 atom stereocenters. The number of rotatable bonds is 3. The van der Waals surface area contributed by atoms with Gasteiger partial charge in [0.1, 0.15) is 0 Å². The summed E-state index contributed by atoms with van der Waals surface area (Å²) in [5.41, 5.74) is 3.14. The summed E-state index contributed by atoms with van der Waals surface area (Å²) in [5.74, 6) is 0.243. The van der Waals surface area contributed by atoms with E-state index in [9.17, 15) is 9.59 Å². The van der Waals surface area contributed by atoms with E-state index < -0.39 is 0 Å². The Bertz CT molecular complexity index is 460. The topological polar surface area (TPSA) is 51.1 Å². The van der Waals surface area contributed by atoms with E-state index in [2.05, 4.69) is 9.88 Å². The minimum absolute atomic E-state index is 0.0141. The van der Waals surface area contributed by atoms with Crippen LogP contribution in [-0.4, -0.2) is 22.8 Å². The molecule has 0 saturated carbocycles. The molecule has 0 unspecified atom stereocenters. The van der Waals surface area contributed by atoms with E-state index in [1.165, 1.54) is 6.92 Å². The molecule has 1 N–H and O–H groups in total. The average Bonchev–Trinajstić information content (AvgIpc) is 2.57. The van der Waals surface area contributed by atoms with E-state index in [0.29, 0.717) is 13.0 Å². The van der Waals surface area contributed by atoms with Crippen LogP contribution < -0.4 is 5.32 Å². The number of hydrogen-bond donors (Lipinski definition) is 1. The highest BCUT2D eigenvalue weighted by molar-refractivity contribution is 5.98. The van der Waals surface area contributed by atoms with Crippen LogP contribution in [0.1, 0.15) is 41.5 Å². The Morgan fingerprint density at radius 2 is 2.24 bits per heavy atom. The van der Waals surface area contributed by atoms with Gasteiger partial charge in [0.05, 0.1) is 0 Å². The predicted molar refractivity (Wildman–Crippen MR) is 65.1 cm³/mol. The maximum absolute atomic E-state index is 11.8. The Morgan fingerprint density at radius 3 is 2.94 bits per heavy atom. The van der Waals surface area contributed by atoms with Gasteiger partial charge in [0.25, 0.3) is 0 Å². The number of aryl methyl sites for hydroxylation is 1.